The maximum atomic E-state index is 11.6. The molecular formula is C27H36O4. The second-order valence-electron chi connectivity index (χ2n) is 11.3. The van der Waals surface area contributed by atoms with Gasteiger partial charge in [-0.1, -0.05) is 27.7 Å². The molecule has 5 rings (SSSR count). The predicted molar refractivity (Wildman–Crippen MR) is 121 cm³/mol. The van der Waals surface area contributed by atoms with E-state index in [0.717, 1.165) is 42.6 Å². The summed E-state index contributed by atoms with van der Waals surface area (Å²) in [6, 6.07) is 4.17. The number of rotatable bonds is 2. The van der Waals surface area contributed by atoms with E-state index in [1.807, 2.05) is 6.07 Å². The minimum absolute atomic E-state index is 0.0746. The van der Waals surface area contributed by atoms with Gasteiger partial charge >= 0.3 is 0 Å². The Morgan fingerprint density at radius 2 is 1.84 bits per heavy atom. The van der Waals surface area contributed by atoms with Gasteiger partial charge < -0.3 is 19.4 Å². The van der Waals surface area contributed by atoms with Gasteiger partial charge in [-0.3, -0.25) is 0 Å². The summed E-state index contributed by atoms with van der Waals surface area (Å²) in [6.07, 6.45) is 6.27. The van der Waals surface area contributed by atoms with Gasteiger partial charge in [-0.05, 0) is 84.1 Å². The molecule has 168 valence electrons. The van der Waals surface area contributed by atoms with Crippen LogP contribution in [0.25, 0.3) is 11.1 Å². The molecule has 6 atom stereocenters. The number of ether oxygens (including phenoxy) is 1. The highest BCUT2D eigenvalue weighted by molar-refractivity contribution is 5.76. The minimum Gasteiger partial charge on any atom is -0.496 e. The third-order valence-electron chi connectivity index (χ3n) is 9.87. The molecule has 4 nitrogen and oxygen atoms in total. The molecule has 3 aliphatic carbocycles. The number of aliphatic hydroxyl groups excluding tert-OH is 2. The standard InChI is InChI=1S/C27H36O4/c1-15-17-11-21-26(4)9-7-22(28)25(2,3)20(26)13-23(29)27(21,5)18(17)12-19(30-6)24(15)16-8-10-31-14-16/h8,10,12,14,20-23,28-29H,7,9,11,13H2,1-6H3/t20-,21+,22+,23+,26-,27-/m0/s1. The topological polar surface area (TPSA) is 62.8 Å². The van der Waals surface area contributed by atoms with E-state index in [9.17, 15) is 10.2 Å². The summed E-state index contributed by atoms with van der Waals surface area (Å²) in [5.74, 6) is 1.47. The molecular weight excluding hydrogens is 388 g/mol. The fourth-order valence-electron chi connectivity index (χ4n) is 7.97. The van der Waals surface area contributed by atoms with E-state index in [4.69, 9.17) is 9.15 Å². The van der Waals surface area contributed by atoms with Gasteiger partial charge in [-0.2, -0.15) is 0 Å². The fraction of sp³-hybridized carbons (Fsp3) is 0.630. The normalized spacial score (nSPS) is 38.3. The predicted octanol–water partition coefficient (Wildman–Crippen LogP) is 5.26. The molecule has 2 aromatic rings. The quantitative estimate of drug-likeness (QED) is 0.690. The van der Waals surface area contributed by atoms with Crippen molar-refractivity contribution >= 4 is 0 Å². The number of benzene rings is 1. The summed E-state index contributed by atoms with van der Waals surface area (Å²) >= 11 is 0. The van der Waals surface area contributed by atoms with Crippen LogP contribution in [0.15, 0.2) is 29.1 Å². The SMILES string of the molecule is COc1cc2c(c(C)c1-c1ccoc1)C[C@@H]1[C@@]3(C)CC[C@@H](O)C(C)(C)[C@@H]3C[C@@H](O)[C@@]21C. The van der Waals surface area contributed by atoms with Crippen LogP contribution in [0.2, 0.25) is 0 Å². The highest BCUT2D eigenvalue weighted by Crippen LogP contribution is 2.68. The summed E-state index contributed by atoms with van der Waals surface area (Å²) in [6.45, 7) is 11.3. The van der Waals surface area contributed by atoms with E-state index in [1.165, 1.54) is 16.7 Å². The van der Waals surface area contributed by atoms with Gasteiger partial charge in [0.05, 0.1) is 31.8 Å². The Hall–Kier alpha value is -1.78. The van der Waals surface area contributed by atoms with E-state index in [1.54, 1.807) is 19.6 Å². The van der Waals surface area contributed by atoms with Crippen LogP contribution in [0.5, 0.6) is 5.75 Å². The fourth-order valence-corrected chi connectivity index (χ4v) is 7.97. The van der Waals surface area contributed by atoms with Crippen molar-refractivity contribution in [3.63, 3.8) is 0 Å². The highest BCUT2D eigenvalue weighted by Gasteiger charge is 2.65. The number of methoxy groups -OCH3 is 1. The molecule has 0 bridgehead atoms. The van der Waals surface area contributed by atoms with E-state index in [2.05, 4.69) is 40.7 Å². The minimum atomic E-state index is -0.440. The summed E-state index contributed by atoms with van der Waals surface area (Å²) in [7, 11) is 1.72. The number of fused-ring (bicyclic) bond motifs is 5. The maximum absolute atomic E-state index is 11.6. The summed E-state index contributed by atoms with van der Waals surface area (Å²) in [5.41, 5.74) is 5.52. The van der Waals surface area contributed by atoms with Crippen LogP contribution in [0.4, 0.5) is 0 Å². The first-order valence-corrected chi connectivity index (χ1v) is 11.7. The molecule has 3 aliphatic rings. The van der Waals surface area contributed by atoms with E-state index < -0.39 is 6.10 Å². The summed E-state index contributed by atoms with van der Waals surface area (Å²) in [5, 5.41) is 22.4. The van der Waals surface area contributed by atoms with Crippen molar-refractivity contribution in [1.29, 1.82) is 0 Å². The maximum Gasteiger partial charge on any atom is 0.127 e. The Morgan fingerprint density at radius 3 is 2.48 bits per heavy atom. The highest BCUT2D eigenvalue weighted by atomic mass is 16.5. The lowest BCUT2D eigenvalue weighted by Gasteiger charge is -2.63. The number of aliphatic hydroxyl groups is 2. The van der Waals surface area contributed by atoms with Crippen LogP contribution >= 0.6 is 0 Å². The van der Waals surface area contributed by atoms with E-state index in [0.29, 0.717) is 11.8 Å². The van der Waals surface area contributed by atoms with E-state index in [-0.39, 0.29) is 22.3 Å². The van der Waals surface area contributed by atoms with Crippen LogP contribution in [0.3, 0.4) is 0 Å². The largest absolute Gasteiger partial charge is 0.496 e. The zero-order valence-corrected chi connectivity index (χ0v) is 19.7. The Labute approximate surface area is 185 Å². The average Bonchev–Trinajstić information content (AvgIpc) is 3.35. The van der Waals surface area contributed by atoms with Gasteiger partial charge in [0.2, 0.25) is 0 Å². The van der Waals surface area contributed by atoms with Crippen molar-refractivity contribution in [3.8, 4) is 16.9 Å². The lowest BCUT2D eigenvalue weighted by Crippen LogP contribution is -2.63. The molecule has 31 heavy (non-hydrogen) atoms. The third kappa shape index (κ3) is 2.55. The monoisotopic (exact) mass is 424 g/mol. The first-order valence-electron chi connectivity index (χ1n) is 11.7. The van der Waals surface area contributed by atoms with Crippen molar-refractivity contribution in [3.05, 3.63) is 41.3 Å². The van der Waals surface area contributed by atoms with Crippen molar-refractivity contribution in [2.75, 3.05) is 7.11 Å². The van der Waals surface area contributed by atoms with Crippen molar-refractivity contribution < 1.29 is 19.4 Å². The van der Waals surface area contributed by atoms with Gasteiger partial charge in [-0.15, -0.1) is 0 Å². The van der Waals surface area contributed by atoms with Gasteiger partial charge in [0.15, 0.2) is 0 Å². The summed E-state index contributed by atoms with van der Waals surface area (Å²) in [4.78, 5) is 0. The molecule has 1 heterocycles. The molecule has 0 radical (unpaired) electrons. The van der Waals surface area contributed by atoms with Crippen LogP contribution in [0.1, 0.15) is 63.6 Å². The molecule has 0 unspecified atom stereocenters. The van der Waals surface area contributed by atoms with Crippen molar-refractivity contribution in [2.24, 2.45) is 22.7 Å². The van der Waals surface area contributed by atoms with Crippen molar-refractivity contribution in [1.82, 2.24) is 0 Å². The van der Waals surface area contributed by atoms with Crippen LogP contribution in [-0.2, 0) is 11.8 Å². The Bertz CT molecular complexity index is 1010. The second-order valence-corrected chi connectivity index (χ2v) is 11.3. The third-order valence-corrected chi connectivity index (χ3v) is 9.87. The lowest BCUT2D eigenvalue weighted by molar-refractivity contribution is -0.181. The Kier molecular flexibility index (Phi) is 4.50. The van der Waals surface area contributed by atoms with Gasteiger partial charge in [0, 0.05) is 16.5 Å². The Morgan fingerprint density at radius 1 is 1.10 bits per heavy atom. The smallest absolute Gasteiger partial charge is 0.127 e. The molecule has 2 saturated carbocycles. The number of hydrogen-bond acceptors (Lipinski definition) is 4. The zero-order chi connectivity index (χ0) is 22.3. The molecule has 0 amide bonds. The van der Waals surface area contributed by atoms with Crippen LogP contribution in [0, 0.1) is 29.6 Å². The van der Waals surface area contributed by atoms with Gasteiger partial charge in [-0.25, -0.2) is 0 Å². The number of furan rings is 1. The van der Waals surface area contributed by atoms with Crippen LogP contribution < -0.4 is 4.74 Å². The first kappa shape index (κ1) is 21.1. The molecule has 0 saturated heterocycles. The molecule has 1 aromatic heterocycles. The summed E-state index contributed by atoms with van der Waals surface area (Å²) < 4.78 is 11.2. The molecule has 2 N–H and O–H groups in total. The molecule has 4 heteroatoms. The van der Waals surface area contributed by atoms with Crippen molar-refractivity contribution in [2.45, 2.75) is 77.9 Å². The lowest BCUT2D eigenvalue weighted by atomic mass is 9.42. The number of hydrogen-bond donors (Lipinski definition) is 2. The molecule has 1 aromatic carbocycles. The first-order chi connectivity index (χ1) is 14.6. The van der Waals surface area contributed by atoms with E-state index >= 15 is 0 Å². The van der Waals surface area contributed by atoms with Gasteiger partial charge in [0.25, 0.3) is 0 Å². The van der Waals surface area contributed by atoms with Gasteiger partial charge in [0.1, 0.15) is 5.75 Å². The zero-order valence-electron chi connectivity index (χ0n) is 19.7. The second kappa shape index (κ2) is 6.62. The average molecular weight is 425 g/mol. The molecule has 2 fully saturated rings. The molecule has 0 aliphatic heterocycles. The Balaban J connectivity index is 1.69. The van der Waals surface area contributed by atoms with Crippen LogP contribution in [-0.4, -0.2) is 29.5 Å². The molecule has 0 spiro atoms.